The summed E-state index contributed by atoms with van der Waals surface area (Å²) >= 11 is 0. The standard InChI is InChI=1S/C12H13FO3/c1-12(2,13)9-5-8(7-14)11-10(6-9)15-3-4-16-11/h5-7H,3-4H2,1-2H3. The third kappa shape index (κ3) is 1.87. The van der Waals surface area contributed by atoms with Gasteiger partial charge < -0.3 is 9.47 Å². The van der Waals surface area contributed by atoms with Crippen LogP contribution in [0.2, 0.25) is 0 Å². The molecule has 0 fully saturated rings. The van der Waals surface area contributed by atoms with Crippen LogP contribution in [0.4, 0.5) is 4.39 Å². The second-order valence-electron chi connectivity index (χ2n) is 4.18. The van der Waals surface area contributed by atoms with Crippen LogP contribution in [0, 0.1) is 0 Å². The van der Waals surface area contributed by atoms with Gasteiger partial charge in [-0.2, -0.15) is 0 Å². The molecule has 2 rings (SSSR count). The van der Waals surface area contributed by atoms with Crippen LogP contribution in [0.25, 0.3) is 0 Å². The van der Waals surface area contributed by atoms with Crippen molar-refractivity contribution in [3.8, 4) is 11.5 Å². The Morgan fingerprint density at radius 3 is 2.62 bits per heavy atom. The molecule has 1 aromatic carbocycles. The van der Waals surface area contributed by atoms with Gasteiger partial charge in [0.1, 0.15) is 18.9 Å². The van der Waals surface area contributed by atoms with Gasteiger partial charge >= 0.3 is 0 Å². The van der Waals surface area contributed by atoms with Gasteiger partial charge in [-0.15, -0.1) is 0 Å². The second kappa shape index (κ2) is 3.77. The molecule has 0 aromatic heterocycles. The van der Waals surface area contributed by atoms with Gasteiger partial charge in [-0.3, -0.25) is 4.79 Å². The van der Waals surface area contributed by atoms with Gasteiger partial charge in [0.15, 0.2) is 17.8 Å². The van der Waals surface area contributed by atoms with Crippen LogP contribution in [0.5, 0.6) is 11.5 Å². The van der Waals surface area contributed by atoms with Gasteiger partial charge in [0.25, 0.3) is 0 Å². The molecule has 0 saturated carbocycles. The Balaban J connectivity index is 2.56. The Hall–Kier alpha value is -1.58. The van der Waals surface area contributed by atoms with Crippen molar-refractivity contribution in [1.29, 1.82) is 0 Å². The molecule has 0 saturated heterocycles. The number of carbonyl (C=O) groups excluding carboxylic acids is 1. The van der Waals surface area contributed by atoms with Crippen molar-refractivity contribution < 1.29 is 18.7 Å². The maximum absolute atomic E-state index is 13.8. The predicted octanol–water partition coefficient (Wildman–Crippen LogP) is 2.47. The number of hydrogen-bond donors (Lipinski definition) is 0. The lowest BCUT2D eigenvalue weighted by molar-refractivity contribution is 0.111. The van der Waals surface area contributed by atoms with E-state index in [4.69, 9.17) is 9.47 Å². The van der Waals surface area contributed by atoms with Gasteiger partial charge in [0, 0.05) is 0 Å². The van der Waals surface area contributed by atoms with Crippen LogP contribution in [0.15, 0.2) is 12.1 Å². The molecule has 0 bridgehead atoms. The highest BCUT2D eigenvalue weighted by Crippen LogP contribution is 2.38. The Bertz CT molecular complexity index is 421. The number of aldehydes is 1. The lowest BCUT2D eigenvalue weighted by Crippen LogP contribution is -2.18. The maximum atomic E-state index is 13.8. The molecule has 86 valence electrons. The maximum Gasteiger partial charge on any atom is 0.171 e. The van der Waals surface area contributed by atoms with E-state index in [2.05, 4.69) is 0 Å². The zero-order chi connectivity index (χ0) is 11.8. The van der Waals surface area contributed by atoms with Crippen molar-refractivity contribution >= 4 is 6.29 Å². The summed E-state index contributed by atoms with van der Waals surface area (Å²) in [6, 6.07) is 3.09. The van der Waals surface area contributed by atoms with E-state index < -0.39 is 5.67 Å². The zero-order valence-corrected chi connectivity index (χ0v) is 9.25. The number of alkyl halides is 1. The van der Waals surface area contributed by atoms with Crippen LogP contribution in [-0.4, -0.2) is 19.5 Å². The van der Waals surface area contributed by atoms with E-state index in [0.29, 0.717) is 42.1 Å². The van der Waals surface area contributed by atoms with Gasteiger partial charge in [-0.05, 0) is 31.5 Å². The lowest BCUT2D eigenvalue weighted by Gasteiger charge is -2.23. The Kier molecular flexibility index (Phi) is 2.58. The van der Waals surface area contributed by atoms with Gasteiger partial charge in [-0.25, -0.2) is 4.39 Å². The fraction of sp³-hybridized carbons (Fsp3) is 0.417. The first-order valence-electron chi connectivity index (χ1n) is 5.10. The number of carbonyl (C=O) groups is 1. The normalized spacial score (nSPS) is 14.7. The topological polar surface area (TPSA) is 35.5 Å². The van der Waals surface area contributed by atoms with Crippen molar-refractivity contribution in [2.75, 3.05) is 13.2 Å². The Morgan fingerprint density at radius 2 is 2.00 bits per heavy atom. The minimum absolute atomic E-state index is 0.331. The largest absolute Gasteiger partial charge is 0.486 e. The highest BCUT2D eigenvalue weighted by molar-refractivity contribution is 5.82. The van der Waals surface area contributed by atoms with Crippen LogP contribution in [-0.2, 0) is 5.67 Å². The fourth-order valence-electron chi connectivity index (χ4n) is 1.61. The average Bonchev–Trinajstić information content (AvgIpc) is 2.26. The monoisotopic (exact) mass is 224 g/mol. The number of ether oxygens (including phenoxy) is 2. The Labute approximate surface area is 93.2 Å². The van der Waals surface area contributed by atoms with Crippen molar-refractivity contribution in [3.05, 3.63) is 23.3 Å². The molecular formula is C12H13FO3. The van der Waals surface area contributed by atoms with Crippen LogP contribution >= 0.6 is 0 Å². The first-order valence-corrected chi connectivity index (χ1v) is 5.10. The molecule has 1 aliphatic heterocycles. The molecule has 1 aromatic rings. The molecule has 0 atom stereocenters. The molecule has 0 radical (unpaired) electrons. The van der Waals surface area contributed by atoms with Gasteiger partial charge in [-0.1, -0.05) is 0 Å². The molecule has 0 N–H and O–H groups in total. The predicted molar refractivity (Wildman–Crippen MR) is 57.0 cm³/mol. The molecule has 1 aliphatic rings. The van der Waals surface area contributed by atoms with Crippen molar-refractivity contribution in [2.24, 2.45) is 0 Å². The molecule has 16 heavy (non-hydrogen) atoms. The summed E-state index contributed by atoms with van der Waals surface area (Å²) < 4.78 is 24.5. The first kappa shape index (κ1) is 10.9. The summed E-state index contributed by atoms with van der Waals surface area (Å²) in [7, 11) is 0. The van der Waals surface area contributed by atoms with E-state index in [9.17, 15) is 9.18 Å². The first-order chi connectivity index (χ1) is 7.52. The minimum atomic E-state index is -1.51. The van der Waals surface area contributed by atoms with Gasteiger partial charge in [0.05, 0.1) is 5.56 Å². The summed E-state index contributed by atoms with van der Waals surface area (Å²) in [5, 5.41) is 0. The van der Waals surface area contributed by atoms with E-state index in [1.54, 1.807) is 6.07 Å². The van der Waals surface area contributed by atoms with Crippen molar-refractivity contribution in [2.45, 2.75) is 19.5 Å². The van der Waals surface area contributed by atoms with E-state index in [1.165, 1.54) is 19.9 Å². The smallest absolute Gasteiger partial charge is 0.171 e. The van der Waals surface area contributed by atoms with Crippen molar-refractivity contribution in [3.63, 3.8) is 0 Å². The molecule has 0 aliphatic carbocycles. The number of fused-ring (bicyclic) bond motifs is 1. The zero-order valence-electron chi connectivity index (χ0n) is 9.25. The summed E-state index contributed by atoms with van der Waals surface area (Å²) in [6.45, 7) is 3.70. The minimum Gasteiger partial charge on any atom is -0.486 e. The molecule has 0 spiro atoms. The third-order valence-electron chi connectivity index (χ3n) is 2.48. The average molecular weight is 224 g/mol. The molecular weight excluding hydrogens is 211 g/mol. The van der Waals surface area contributed by atoms with Crippen LogP contribution in [0.3, 0.4) is 0 Å². The van der Waals surface area contributed by atoms with Gasteiger partial charge in [0.2, 0.25) is 0 Å². The number of hydrogen-bond acceptors (Lipinski definition) is 3. The quantitative estimate of drug-likeness (QED) is 0.724. The van der Waals surface area contributed by atoms with E-state index in [1.807, 2.05) is 0 Å². The van der Waals surface area contributed by atoms with E-state index in [0.717, 1.165) is 0 Å². The number of rotatable bonds is 2. The molecule has 1 heterocycles. The summed E-state index contributed by atoms with van der Waals surface area (Å²) in [4.78, 5) is 10.9. The second-order valence-corrected chi connectivity index (χ2v) is 4.18. The summed E-state index contributed by atoms with van der Waals surface area (Å²) in [6.07, 6.45) is 0.656. The summed E-state index contributed by atoms with van der Waals surface area (Å²) in [5.41, 5.74) is -0.759. The molecule has 4 heteroatoms. The van der Waals surface area contributed by atoms with Crippen LogP contribution < -0.4 is 9.47 Å². The SMILES string of the molecule is CC(C)(F)c1cc(C=O)c2c(c1)OCCO2. The van der Waals surface area contributed by atoms with E-state index in [-0.39, 0.29) is 0 Å². The fourth-order valence-corrected chi connectivity index (χ4v) is 1.61. The number of halogens is 1. The molecule has 0 unspecified atom stereocenters. The summed E-state index contributed by atoms with van der Waals surface area (Å²) in [5.74, 6) is 0.853. The number of benzene rings is 1. The molecule has 3 nitrogen and oxygen atoms in total. The highest BCUT2D eigenvalue weighted by atomic mass is 19.1. The van der Waals surface area contributed by atoms with E-state index >= 15 is 0 Å². The lowest BCUT2D eigenvalue weighted by atomic mass is 9.97. The van der Waals surface area contributed by atoms with Crippen molar-refractivity contribution in [1.82, 2.24) is 0 Å². The molecule has 0 amide bonds. The van der Waals surface area contributed by atoms with Crippen LogP contribution in [0.1, 0.15) is 29.8 Å². The third-order valence-corrected chi connectivity index (χ3v) is 2.48. The highest BCUT2D eigenvalue weighted by Gasteiger charge is 2.25. The Morgan fingerprint density at radius 1 is 1.31 bits per heavy atom.